The van der Waals surface area contributed by atoms with E-state index in [0.717, 1.165) is 31.5 Å². The molecule has 1 heterocycles. The van der Waals surface area contributed by atoms with Gasteiger partial charge in [-0.25, -0.2) is 21.2 Å². The van der Waals surface area contributed by atoms with Crippen LogP contribution in [0.5, 0.6) is 0 Å². The first-order valence-corrected chi connectivity index (χ1v) is 11.2. The minimum atomic E-state index is -3.81. The quantitative estimate of drug-likeness (QED) is 0.726. The number of sulfonamides is 2. The number of hydrogen-bond donors (Lipinski definition) is 2. The van der Waals surface area contributed by atoms with Crippen LogP contribution in [0.15, 0.2) is 23.1 Å². The van der Waals surface area contributed by atoms with E-state index in [1.54, 1.807) is 0 Å². The molecular weight excluding hydrogens is 369 g/mol. The monoisotopic (exact) mass is 393 g/mol. The van der Waals surface area contributed by atoms with Crippen molar-refractivity contribution in [2.75, 3.05) is 37.2 Å². The number of halogens is 1. The molecule has 0 spiro atoms. The van der Waals surface area contributed by atoms with Crippen LogP contribution in [0.1, 0.15) is 19.8 Å². The molecular formula is C15H24FN3O4S2. The maximum atomic E-state index is 14.2. The largest absolute Gasteiger partial charge is 0.319 e. The molecule has 1 saturated heterocycles. The fourth-order valence-corrected chi connectivity index (χ4v) is 5.04. The Balaban J connectivity index is 2.24. The smallest absolute Gasteiger partial charge is 0.243 e. The molecule has 1 unspecified atom stereocenters. The summed E-state index contributed by atoms with van der Waals surface area (Å²) in [5.41, 5.74) is -0.257. The number of piperidine rings is 1. The summed E-state index contributed by atoms with van der Waals surface area (Å²) in [7, 11) is -5.63. The van der Waals surface area contributed by atoms with Crippen LogP contribution >= 0.6 is 0 Å². The average molecular weight is 394 g/mol. The van der Waals surface area contributed by atoms with E-state index in [1.165, 1.54) is 17.3 Å². The summed E-state index contributed by atoms with van der Waals surface area (Å²) >= 11 is 0. The lowest BCUT2D eigenvalue weighted by Gasteiger charge is -2.31. The molecule has 7 nitrogen and oxygen atoms in total. The first-order chi connectivity index (χ1) is 11.7. The maximum Gasteiger partial charge on any atom is 0.243 e. The minimum absolute atomic E-state index is 0.172. The van der Waals surface area contributed by atoms with Gasteiger partial charge >= 0.3 is 0 Å². The van der Waals surface area contributed by atoms with Crippen molar-refractivity contribution in [3.8, 4) is 0 Å². The van der Waals surface area contributed by atoms with Gasteiger partial charge in [-0.2, -0.15) is 4.31 Å². The number of nitrogens with one attached hydrogen (secondary N) is 2. The van der Waals surface area contributed by atoms with Gasteiger partial charge in [-0.15, -0.1) is 0 Å². The zero-order valence-electron chi connectivity index (χ0n) is 14.3. The Bertz CT molecular complexity index is 810. The summed E-state index contributed by atoms with van der Waals surface area (Å²) in [6.07, 6.45) is 1.70. The van der Waals surface area contributed by atoms with Crippen LogP contribution in [0, 0.1) is 11.7 Å². The topological polar surface area (TPSA) is 95.6 Å². The highest BCUT2D eigenvalue weighted by atomic mass is 32.2. The number of anilines is 1. The van der Waals surface area contributed by atoms with Gasteiger partial charge in [-0.05, 0) is 57.5 Å². The first kappa shape index (κ1) is 20.1. The van der Waals surface area contributed by atoms with Gasteiger partial charge in [-0.1, -0.05) is 0 Å². The van der Waals surface area contributed by atoms with Crippen molar-refractivity contribution < 1.29 is 21.2 Å². The molecule has 1 aliphatic heterocycles. The van der Waals surface area contributed by atoms with E-state index in [9.17, 15) is 21.2 Å². The highest BCUT2D eigenvalue weighted by Crippen LogP contribution is 2.26. The number of hydrogen-bond acceptors (Lipinski definition) is 5. The van der Waals surface area contributed by atoms with Crippen molar-refractivity contribution in [1.29, 1.82) is 0 Å². The standard InChI is InChI=1S/C15H24FN3O4S2/c1-3-24(20,21)18-15-7-6-13(9-14(15)16)25(22,23)19-8-4-5-12(11-19)10-17-2/h6-7,9,12,17-18H,3-5,8,10-11H2,1-2H3. The molecule has 1 aliphatic rings. The summed E-state index contributed by atoms with van der Waals surface area (Å²) in [5.74, 6) is -0.900. The lowest BCUT2D eigenvalue weighted by atomic mass is 10.00. The van der Waals surface area contributed by atoms with Gasteiger partial charge in [0.15, 0.2) is 0 Å². The Morgan fingerprint density at radius 1 is 1.28 bits per heavy atom. The van der Waals surface area contributed by atoms with Gasteiger partial charge in [-0.3, -0.25) is 4.72 Å². The van der Waals surface area contributed by atoms with Gasteiger partial charge in [0.2, 0.25) is 20.0 Å². The third kappa shape index (κ3) is 4.90. The van der Waals surface area contributed by atoms with Crippen molar-refractivity contribution >= 4 is 25.7 Å². The second kappa shape index (κ2) is 7.98. The molecule has 2 N–H and O–H groups in total. The molecule has 0 aliphatic carbocycles. The fourth-order valence-electron chi connectivity index (χ4n) is 2.83. The van der Waals surface area contributed by atoms with Crippen molar-refractivity contribution in [2.45, 2.75) is 24.7 Å². The molecule has 1 fully saturated rings. The summed E-state index contributed by atoms with van der Waals surface area (Å²) in [6, 6.07) is 3.24. The molecule has 1 aromatic carbocycles. The summed E-state index contributed by atoms with van der Waals surface area (Å²) < 4.78 is 66.2. The van der Waals surface area contributed by atoms with Crippen LogP contribution in [-0.2, 0) is 20.0 Å². The molecule has 0 saturated carbocycles. The van der Waals surface area contributed by atoms with E-state index in [-0.39, 0.29) is 22.3 Å². The molecule has 2 rings (SSSR count). The van der Waals surface area contributed by atoms with E-state index >= 15 is 0 Å². The number of rotatable bonds is 7. The minimum Gasteiger partial charge on any atom is -0.319 e. The zero-order valence-corrected chi connectivity index (χ0v) is 16.0. The Morgan fingerprint density at radius 3 is 2.60 bits per heavy atom. The predicted octanol–water partition coefficient (Wildman–Crippen LogP) is 1.21. The molecule has 0 bridgehead atoms. The number of nitrogens with zero attached hydrogens (tertiary/aromatic N) is 1. The van der Waals surface area contributed by atoms with Crippen molar-refractivity contribution in [3.05, 3.63) is 24.0 Å². The van der Waals surface area contributed by atoms with Crippen LogP contribution in [-0.4, -0.2) is 53.6 Å². The fraction of sp³-hybridized carbons (Fsp3) is 0.600. The van der Waals surface area contributed by atoms with E-state index in [2.05, 4.69) is 10.0 Å². The summed E-state index contributed by atoms with van der Waals surface area (Å²) in [6.45, 7) is 2.93. The molecule has 0 aromatic heterocycles. The van der Waals surface area contributed by atoms with Crippen LogP contribution in [0.4, 0.5) is 10.1 Å². The SMILES string of the molecule is CCS(=O)(=O)Nc1ccc(S(=O)(=O)N2CCCC(CNC)C2)cc1F. The Kier molecular flexibility index (Phi) is 6.41. The molecule has 142 valence electrons. The first-order valence-electron chi connectivity index (χ1n) is 8.14. The highest BCUT2D eigenvalue weighted by Gasteiger charge is 2.30. The second-order valence-electron chi connectivity index (χ2n) is 6.08. The van der Waals surface area contributed by atoms with Crippen molar-refractivity contribution in [3.63, 3.8) is 0 Å². The molecule has 10 heteroatoms. The second-order valence-corrected chi connectivity index (χ2v) is 10.0. The van der Waals surface area contributed by atoms with Gasteiger partial charge in [0, 0.05) is 13.1 Å². The van der Waals surface area contributed by atoms with Gasteiger partial charge in [0.25, 0.3) is 0 Å². The molecule has 0 amide bonds. The predicted molar refractivity (Wildman–Crippen MR) is 94.9 cm³/mol. The normalized spacial score (nSPS) is 19.7. The molecule has 25 heavy (non-hydrogen) atoms. The van der Waals surface area contributed by atoms with Crippen molar-refractivity contribution in [1.82, 2.24) is 9.62 Å². The Labute approximate surface area is 148 Å². The lowest BCUT2D eigenvalue weighted by Crippen LogP contribution is -2.42. The zero-order chi connectivity index (χ0) is 18.7. The summed E-state index contributed by atoms with van der Waals surface area (Å²) in [5, 5.41) is 3.05. The van der Waals surface area contributed by atoms with Gasteiger partial charge in [0.05, 0.1) is 16.3 Å². The van der Waals surface area contributed by atoms with E-state index in [4.69, 9.17) is 0 Å². The maximum absolute atomic E-state index is 14.2. The molecule has 1 aromatic rings. The van der Waals surface area contributed by atoms with Crippen LogP contribution in [0.3, 0.4) is 0 Å². The average Bonchev–Trinajstić information content (AvgIpc) is 2.57. The lowest BCUT2D eigenvalue weighted by molar-refractivity contribution is 0.263. The molecule has 1 atom stereocenters. The Morgan fingerprint density at radius 2 is 2.00 bits per heavy atom. The third-order valence-corrected chi connectivity index (χ3v) is 7.35. The van der Waals surface area contributed by atoms with Gasteiger partial charge < -0.3 is 5.32 Å². The van der Waals surface area contributed by atoms with Crippen LogP contribution in [0.2, 0.25) is 0 Å². The van der Waals surface area contributed by atoms with Gasteiger partial charge in [0.1, 0.15) is 5.82 Å². The third-order valence-electron chi connectivity index (χ3n) is 4.20. The van der Waals surface area contributed by atoms with Crippen LogP contribution < -0.4 is 10.0 Å². The molecule has 0 radical (unpaired) electrons. The van der Waals surface area contributed by atoms with Crippen molar-refractivity contribution in [2.24, 2.45) is 5.92 Å². The van der Waals surface area contributed by atoms with E-state index < -0.39 is 25.9 Å². The Hall–Kier alpha value is -1.23. The highest BCUT2D eigenvalue weighted by molar-refractivity contribution is 7.92. The van der Waals surface area contributed by atoms with E-state index in [0.29, 0.717) is 13.1 Å². The van der Waals surface area contributed by atoms with Crippen LogP contribution in [0.25, 0.3) is 0 Å². The van der Waals surface area contributed by atoms with E-state index in [1.807, 2.05) is 7.05 Å². The number of benzene rings is 1. The summed E-state index contributed by atoms with van der Waals surface area (Å²) in [4.78, 5) is -0.172.